The molecule has 1 aliphatic rings. The Labute approximate surface area is 172 Å². The zero-order chi connectivity index (χ0) is 21.1. The number of aliphatic carboxylic acids is 1. The second-order valence-corrected chi connectivity index (χ2v) is 8.26. The Morgan fingerprint density at radius 3 is 2.72 bits per heavy atom. The Morgan fingerprint density at radius 1 is 1.31 bits per heavy atom. The van der Waals surface area contributed by atoms with E-state index >= 15 is 0 Å². The lowest BCUT2D eigenvalue weighted by molar-refractivity contribution is -0.142. The highest BCUT2D eigenvalue weighted by atomic mass is 32.2. The van der Waals surface area contributed by atoms with Crippen molar-refractivity contribution in [1.82, 2.24) is 5.32 Å². The van der Waals surface area contributed by atoms with Crippen LogP contribution in [-0.4, -0.2) is 41.1 Å². The lowest BCUT2D eigenvalue weighted by Gasteiger charge is -2.20. The molecule has 0 saturated carbocycles. The number of rotatable bonds is 8. The van der Waals surface area contributed by atoms with E-state index in [1.54, 1.807) is 13.0 Å². The van der Waals surface area contributed by atoms with E-state index in [0.717, 1.165) is 29.4 Å². The number of aryl methyl sites for hydroxylation is 2. The largest absolute Gasteiger partial charge is 0.480 e. The van der Waals surface area contributed by atoms with Crippen LogP contribution in [0, 0.1) is 6.92 Å². The van der Waals surface area contributed by atoms with E-state index < -0.39 is 24.0 Å². The number of amides is 1. The van der Waals surface area contributed by atoms with Crippen LogP contribution in [0.4, 0.5) is 0 Å². The SMILES string of the molecule is CSCC[C@H](NC(=O)[C@@H](C)Oc1cc(C)cc2oc(=O)c3c(c12)CCC3)C(=O)O. The van der Waals surface area contributed by atoms with Crippen molar-refractivity contribution in [3.63, 3.8) is 0 Å². The molecule has 3 rings (SSSR count). The molecule has 0 bridgehead atoms. The molecular formula is C21H25NO6S. The van der Waals surface area contributed by atoms with E-state index in [1.807, 2.05) is 19.2 Å². The molecule has 156 valence electrons. The molecular weight excluding hydrogens is 394 g/mol. The molecule has 1 heterocycles. The summed E-state index contributed by atoms with van der Waals surface area (Å²) in [4.78, 5) is 36.2. The van der Waals surface area contributed by atoms with Crippen LogP contribution in [0.2, 0.25) is 0 Å². The van der Waals surface area contributed by atoms with Gasteiger partial charge in [0.1, 0.15) is 17.4 Å². The van der Waals surface area contributed by atoms with Crippen LogP contribution in [0.5, 0.6) is 5.75 Å². The van der Waals surface area contributed by atoms with Gasteiger partial charge < -0.3 is 19.6 Å². The van der Waals surface area contributed by atoms with E-state index in [2.05, 4.69) is 5.32 Å². The molecule has 1 amide bonds. The first-order valence-electron chi connectivity index (χ1n) is 9.59. The van der Waals surface area contributed by atoms with Crippen molar-refractivity contribution >= 4 is 34.6 Å². The first kappa shape index (κ1) is 21.2. The number of carboxylic acid groups (broad SMARTS) is 1. The number of fused-ring (bicyclic) bond motifs is 3. The van der Waals surface area contributed by atoms with Crippen molar-refractivity contribution in [2.75, 3.05) is 12.0 Å². The summed E-state index contributed by atoms with van der Waals surface area (Å²) in [5.74, 6) is -0.469. The number of carbonyl (C=O) groups is 2. The zero-order valence-electron chi connectivity index (χ0n) is 16.7. The summed E-state index contributed by atoms with van der Waals surface area (Å²) < 4.78 is 11.4. The van der Waals surface area contributed by atoms with Crippen molar-refractivity contribution in [3.05, 3.63) is 39.2 Å². The number of carbonyl (C=O) groups excluding carboxylic acids is 1. The standard InChI is InChI=1S/C21H25NO6S/c1-11-9-16(18-13-5-4-6-14(13)21(26)28-17(18)10-11)27-12(2)19(23)22-15(20(24)25)7-8-29-3/h9-10,12,15H,4-8H2,1-3H3,(H,22,23)(H,24,25)/t12-,15+/m1/s1. The highest BCUT2D eigenvalue weighted by Gasteiger charge is 2.26. The smallest absolute Gasteiger partial charge is 0.339 e. The van der Waals surface area contributed by atoms with Crippen LogP contribution in [-0.2, 0) is 22.4 Å². The number of thioether (sulfide) groups is 1. The van der Waals surface area contributed by atoms with Crippen molar-refractivity contribution in [2.24, 2.45) is 0 Å². The van der Waals surface area contributed by atoms with Crippen molar-refractivity contribution in [3.8, 4) is 5.75 Å². The van der Waals surface area contributed by atoms with Gasteiger partial charge in [0.05, 0.1) is 5.39 Å². The molecule has 1 aromatic heterocycles. The molecule has 2 aromatic rings. The second-order valence-electron chi connectivity index (χ2n) is 7.28. The van der Waals surface area contributed by atoms with Crippen LogP contribution in [0.15, 0.2) is 21.3 Å². The van der Waals surface area contributed by atoms with Gasteiger partial charge in [0.15, 0.2) is 6.10 Å². The summed E-state index contributed by atoms with van der Waals surface area (Å²) in [6.45, 7) is 3.43. The summed E-state index contributed by atoms with van der Waals surface area (Å²) >= 11 is 1.52. The van der Waals surface area contributed by atoms with Crippen LogP contribution in [0.25, 0.3) is 11.0 Å². The molecule has 0 aliphatic heterocycles. The third-order valence-electron chi connectivity index (χ3n) is 5.08. The molecule has 0 unspecified atom stereocenters. The maximum Gasteiger partial charge on any atom is 0.339 e. The van der Waals surface area contributed by atoms with Gasteiger partial charge in [0, 0.05) is 5.56 Å². The number of ether oxygens (including phenoxy) is 1. The van der Waals surface area contributed by atoms with Gasteiger partial charge in [0.2, 0.25) is 0 Å². The molecule has 7 nitrogen and oxygen atoms in total. The first-order valence-corrected chi connectivity index (χ1v) is 11.0. The number of hydrogen-bond acceptors (Lipinski definition) is 6. The Kier molecular flexibility index (Phi) is 6.52. The molecule has 0 radical (unpaired) electrons. The van der Waals surface area contributed by atoms with Crippen LogP contribution >= 0.6 is 11.8 Å². The molecule has 2 N–H and O–H groups in total. The van der Waals surface area contributed by atoms with Gasteiger partial charge in [-0.25, -0.2) is 9.59 Å². The summed E-state index contributed by atoms with van der Waals surface area (Å²) in [5.41, 5.74) is 2.56. The van der Waals surface area contributed by atoms with Gasteiger partial charge in [-0.3, -0.25) is 4.79 Å². The summed E-state index contributed by atoms with van der Waals surface area (Å²) in [6, 6.07) is 2.64. The van der Waals surface area contributed by atoms with Crippen molar-refractivity contribution in [2.45, 2.75) is 51.7 Å². The third kappa shape index (κ3) is 4.58. The van der Waals surface area contributed by atoms with Gasteiger partial charge in [-0.15, -0.1) is 0 Å². The Balaban J connectivity index is 1.87. The molecule has 0 spiro atoms. The number of carboxylic acids is 1. The van der Waals surface area contributed by atoms with Gasteiger partial charge in [-0.05, 0) is 74.8 Å². The maximum absolute atomic E-state index is 12.6. The fourth-order valence-corrected chi connectivity index (χ4v) is 4.10. The fourth-order valence-electron chi connectivity index (χ4n) is 3.62. The Hall–Kier alpha value is -2.48. The normalized spacial score (nSPS) is 15.0. The first-order chi connectivity index (χ1) is 13.8. The predicted molar refractivity (Wildman–Crippen MR) is 112 cm³/mol. The fraction of sp³-hybridized carbons (Fsp3) is 0.476. The highest BCUT2D eigenvalue weighted by Crippen LogP contribution is 2.35. The van der Waals surface area contributed by atoms with E-state index in [4.69, 9.17) is 9.15 Å². The lowest BCUT2D eigenvalue weighted by atomic mass is 10.0. The maximum atomic E-state index is 12.6. The van der Waals surface area contributed by atoms with E-state index in [9.17, 15) is 19.5 Å². The van der Waals surface area contributed by atoms with Gasteiger partial charge in [-0.2, -0.15) is 11.8 Å². The summed E-state index contributed by atoms with van der Waals surface area (Å²) in [7, 11) is 0. The Bertz CT molecular complexity index is 999. The topological polar surface area (TPSA) is 106 Å². The van der Waals surface area contributed by atoms with Crippen molar-refractivity contribution in [1.29, 1.82) is 0 Å². The van der Waals surface area contributed by atoms with Crippen LogP contribution in [0.3, 0.4) is 0 Å². The van der Waals surface area contributed by atoms with Crippen LogP contribution < -0.4 is 15.7 Å². The number of benzene rings is 1. The quantitative estimate of drug-likeness (QED) is 0.634. The molecule has 29 heavy (non-hydrogen) atoms. The van der Waals surface area contributed by atoms with Crippen LogP contribution in [0.1, 0.15) is 36.5 Å². The average molecular weight is 419 g/mol. The lowest BCUT2D eigenvalue weighted by Crippen LogP contribution is -2.46. The summed E-state index contributed by atoms with van der Waals surface area (Å²) in [5, 5.41) is 12.6. The number of hydrogen-bond donors (Lipinski definition) is 2. The molecule has 0 saturated heterocycles. The second kappa shape index (κ2) is 8.90. The highest BCUT2D eigenvalue weighted by molar-refractivity contribution is 7.98. The minimum Gasteiger partial charge on any atom is -0.480 e. The average Bonchev–Trinajstić information content (AvgIpc) is 3.14. The third-order valence-corrected chi connectivity index (χ3v) is 5.72. The van der Waals surface area contributed by atoms with E-state index in [-0.39, 0.29) is 5.63 Å². The monoisotopic (exact) mass is 419 g/mol. The minimum atomic E-state index is -1.07. The molecule has 1 aromatic carbocycles. The summed E-state index contributed by atoms with van der Waals surface area (Å²) in [6.07, 6.45) is 3.62. The minimum absolute atomic E-state index is 0.314. The molecule has 0 fully saturated rings. The van der Waals surface area contributed by atoms with Crippen molar-refractivity contribution < 1.29 is 23.8 Å². The zero-order valence-corrected chi connectivity index (χ0v) is 17.6. The van der Waals surface area contributed by atoms with Gasteiger partial charge in [0.25, 0.3) is 5.91 Å². The van der Waals surface area contributed by atoms with E-state index in [1.165, 1.54) is 11.8 Å². The van der Waals surface area contributed by atoms with Gasteiger partial charge in [-0.1, -0.05) is 0 Å². The molecule has 1 aliphatic carbocycles. The van der Waals surface area contributed by atoms with Gasteiger partial charge >= 0.3 is 11.6 Å². The molecule has 8 heteroatoms. The predicted octanol–water partition coefficient (Wildman–Crippen LogP) is 2.68. The van der Waals surface area contributed by atoms with E-state index in [0.29, 0.717) is 35.5 Å². The Morgan fingerprint density at radius 2 is 2.03 bits per heavy atom. The molecule has 2 atom stereocenters. The number of nitrogens with one attached hydrogen (secondary N) is 1.